The van der Waals surface area contributed by atoms with Gasteiger partial charge in [0.2, 0.25) is 10.4 Å². The Labute approximate surface area is 138 Å². The summed E-state index contributed by atoms with van der Waals surface area (Å²) in [5, 5.41) is 0. The molecule has 3 aromatic heterocycles. The van der Waals surface area contributed by atoms with E-state index in [1.165, 1.54) is 0 Å². The molecule has 3 heterocycles. The Bertz CT molecular complexity index is 890. The molecule has 0 spiro atoms. The van der Waals surface area contributed by atoms with Gasteiger partial charge >= 0.3 is 0 Å². The van der Waals surface area contributed by atoms with Crippen molar-refractivity contribution in [1.29, 1.82) is 0 Å². The van der Waals surface area contributed by atoms with Gasteiger partial charge in [0.15, 0.2) is 11.6 Å². The summed E-state index contributed by atoms with van der Waals surface area (Å²) in [4.78, 5) is 18.8. The number of hydrogen-bond acceptors (Lipinski definition) is 5. The summed E-state index contributed by atoms with van der Waals surface area (Å²) in [6, 6.07) is 11.4. The van der Waals surface area contributed by atoms with Gasteiger partial charge in [-0.05, 0) is 49.6 Å². The molecule has 0 N–H and O–H groups in total. The van der Waals surface area contributed by atoms with Crippen molar-refractivity contribution < 1.29 is 0 Å². The minimum absolute atomic E-state index is 0.694. The molecule has 0 radical (unpaired) electrons. The van der Waals surface area contributed by atoms with E-state index in [1.807, 2.05) is 36.4 Å². The van der Waals surface area contributed by atoms with Gasteiger partial charge in [0.25, 0.3) is 0 Å². The van der Waals surface area contributed by atoms with E-state index in [0.717, 1.165) is 23.5 Å². The SMILES string of the molecule is CCn1s/c(=N/c2ccccn2)n(CC)/c1=N/c1ccccn1. The fourth-order valence-electron chi connectivity index (χ4n) is 2.13. The average Bonchev–Trinajstić information content (AvgIpc) is 2.93. The molecule has 118 valence electrons. The normalized spacial score (nSPS) is 12.8. The lowest BCUT2D eigenvalue weighted by molar-refractivity contribution is 0.631. The van der Waals surface area contributed by atoms with Crippen LogP contribution in [0.4, 0.5) is 11.6 Å². The summed E-state index contributed by atoms with van der Waals surface area (Å²) < 4.78 is 4.19. The number of aryl methyl sites for hydroxylation is 1. The van der Waals surface area contributed by atoms with E-state index in [-0.39, 0.29) is 0 Å². The van der Waals surface area contributed by atoms with Crippen molar-refractivity contribution >= 4 is 23.2 Å². The summed E-state index contributed by atoms with van der Waals surface area (Å²) >= 11 is 1.58. The lowest BCUT2D eigenvalue weighted by Gasteiger charge is -1.99. The minimum atomic E-state index is 0.694. The zero-order valence-electron chi connectivity index (χ0n) is 13.1. The zero-order chi connectivity index (χ0) is 16.1. The van der Waals surface area contributed by atoms with Gasteiger partial charge in [-0.15, -0.1) is 0 Å². The molecule has 7 heteroatoms. The van der Waals surface area contributed by atoms with Crippen molar-refractivity contribution in [3.05, 3.63) is 59.2 Å². The van der Waals surface area contributed by atoms with E-state index < -0.39 is 0 Å². The first kappa shape index (κ1) is 15.4. The van der Waals surface area contributed by atoms with Crippen LogP contribution in [0.1, 0.15) is 13.8 Å². The zero-order valence-corrected chi connectivity index (χ0v) is 13.9. The van der Waals surface area contributed by atoms with Crippen molar-refractivity contribution in [3.63, 3.8) is 0 Å². The maximum Gasteiger partial charge on any atom is 0.223 e. The summed E-state index contributed by atoms with van der Waals surface area (Å²) in [6.07, 6.45) is 3.49. The highest BCUT2D eigenvalue weighted by atomic mass is 32.1. The van der Waals surface area contributed by atoms with Crippen molar-refractivity contribution in [2.45, 2.75) is 26.9 Å². The molecular weight excluding hydrogens is 308 g/mol. The predicted octanol–water partition coefficient (Wildman–Crippen LogP) is 2.65. The first-order valence-electron chi connectivity index (χ1n) is 7.54. The molecule has 6 nitrogen and oxygen atoms in total. The van der Waals surface area contributed by atoms with Crippen LogP contribution in [-0.2, 0) is 13.1 Å². The average molecular weight is 326 g/mol. The van der Waals surface area contributed by atoms with E-state index in [2.05, 4.69) is 42.3 Å². The first-order valence-corrected chi connectivity index (χ1v) is 8.31. The third-order valence-corrected chi connectivity index (χ3v) is 4.33. The third-order valence-electron chi connectivity index (χ3n) is 3.21. The van der Waals surface area contributed by atoms with Gasteiger partial charge in [-0.1, -0.05) is 12.1 Å². The summed E-state index contributed by atoms with van der Waals surface area (Å²) in [7, 11) is 0. The molecule has 0 aliphatic carbocycles. The van der Waals surface area contributed by atoms with Crippen LogP contribution < -0.4 is 10.4 Å². The Morgan fingerprint density at radius 3 is 2.09 bits per heavy atom. The fraction of sp³-hybridized carbons (Fsp3) is 0.250. The van der Waals surface area contributed by atoms with Gasteiger partial charge in [0.1, 0.15) is 0 Å². The monoisotopic (exact) mass is 326 g/mol. The number of rotatable bonds is 4. The van der Waals surface area contributed by atoms with Crippen LogP contribution in [-0.4, -0.2) is 18.5 Å². The fourth-order valence-corrected chi connectivity index (χ4v) is 3.12. The molecule has 0 bridgehead atoms. The maximum absolute atomic E-state index is 4.69. The highest BCUT2D eigenvalue weighted by Crippen LogP contribution is 2.05. The molecule has 0 amide bonds. The molecule has 0 saturated carbocycles. The lowest BCUT2D eigenvalue weighted by Crippen LogP contribution is -2.29. The van der Waals surface area contributed by atoms with E-state index in [9.17, 15) is 0 Å². The van der Waals surface area contributed by atoms with E-state index in [1.54, 1.807) is 23.9 Å². The van der Waals surface area contributed by atoms with Crippen LogP contribution in [0.25, 0.3) is 0 Å². The van der Waals surface area contributed by atoms with Crippen molar-refractivity contribution in [2.24, 2.45) is 9.98 Å². The van der Waals surface area contributed by atoms with Crippen LogP contribution >= 0.6 is 11.5 Å². The smallest absolute Gasteiger partial charge is 0.223 e. The minimum Gasteiger partial charge on any atom is -0.286 e. The maximum atomic E-state index is 4.69. The molecule has 0 fully saturated rings. The molecule has 0 atom stereocenters. The second-order valence-electron chi connectivity index (χ2n) is 4.71. The van der Waals surface area contributed by atoms with Gasteiger partial charge in [-0.2, -0.15) is 9.98 Å². The van der Waals surface area contributed by atoms with Gasteiger partial charge in [0, 0.05) is 25.5 Å². The van der Waals surface area contributed by atoms with Crippen LogP contribution in [0.5, 0.6) is 0 Å². The Balaban J connectivity index is 2.21. The lowest BCUT2D eigenvalue weighted by atomic mass is 10.5. The van der Waals surface area contributed by atoms with Gasteiger partial charge in [0.05, 0.1) is 0 Å². The number of aromatic nitrogens is 4. The van der Waals surface area contributed by atoms with E-state index in [0.29, 0.717) is 11.6 Å². The molecular formula is C16H18N6S. The summed E-state index contributed by atoms with van der Waals surface area (Å²) in [5.41, 5.74) is 0.855. The van der Waals surface area contributed by atoms with Crippen LogP contribution in [0.2, 0.25) is 0 Å². The van der Waals surface area contributed by atoms with E-state index >= 15 is 0 Å². The van der Waals surface area contributed by atoms with Crippen molar-refractivity contribution in [2.75, 3.05) is 0 Å². The van der Waals surface area contributed by atoms with Crippen molar-refractivity contribution in [1.82, 2.24) is 18.5 Å². The summed E-state index contributed by atoms with van der Waals surface area (Å²) in [5.74, 6) is 1.39. The molecule has 0 unspecified atom stereocenters. The second kappa shape index (κ2) is 7.15. The Morgan fingerprint density at radius 1 is 0.913 bits per heavy atom. The molecule has 3 rings (SSSR count). The second-order valence-corrected chi connectivity index (χ2v) is 5.70. The highest BCUT2D eigenvalue weighted by molar-refractivity contribution is 7.03. The number of pyridine rings is 2. The molecule has 0 aliphatic rings. The topological polar surface area (TPSA) is 60.4 Å². The van der Waals surface area contributed by atoms with Crippen LogP contribution in [0, 0.1) is 0 Å². The number of nitrogens with zero attached hydrogens (tertiary/aromatic N) is 6. The van der Waals surface area contributed by atoms with E-state index in [4.69, 9.17) is 0 Å². The standard InChI is InChI=1S/C16H18N6S/c1-3-21-15(19-13-9-5-7-11-17-13)22(4-2)23-16(21)20-14-10-6-8-12-18-14/h5-12H,3-4H2,1-2H3/b19-15-,20-16+. The Hall–Kier alpha value is -2.54. The van der Waals surface area contributed by atoms with Gasteiger partial charge < -0.3 is 0 Å². The third kappa shape index (κ3) is 3.45. The van der Waals surface area contributed by atoms with Crippen LogP contribution in [0.3, 0.4) is 0 Å². The molecule has 3 aromatic rings. The molecule has 23 heavy (non-hydrogen) atoms. The van der Waals surface area contributed by atoms with Gasteiger partial charge in [-0.3, -0.25) is 8.52 Å². The largest absolute Gasteiger partial charge is 0.286 e. The van der Waals surface area contributed by atoms with Crippen molar-refractivity contribution in [3.8, 4) is 0 Å². The molecule has 0 aliphatic heterocycles. The first-order chi connectivity index (χ1) is 11.3. The Morgan fingerprint density at radius 2 is 1.57 bits per heavy atom. The van der Waals surface area contributed by atoms with Gasteiger partial charge in [-0.25, -0.2) is 9.97 Å². The molecule has 0 saturated heterocycles. The predicted molar refractivity (Wildman–Crippen MR) is 90.6 cm³/mol. The number of hydrogen-bond donors (Lipinski definition) is 0. The quantitative estimate of drug-likeness (QED) is 0.740. The Kier molecular flexibility index (Phi) is 4.77. The molecule has 0 aromatic carbocycles. The van der Waals surface area contributed by atoms with Crippen LogP contribution in [0.15, 0.2) is 58.8 Å². The highest BCUT2D eigenvalue weighted by Gasteiger charge is 2.05. The summed E-state index contributed by atoms with van der Waals surface area (Å²) in [6.45, 7) is 5.79.